The Kier molecular flexibility index (Phi) is 5.95. The van der Waals surface area contributed by atoms with E-state index in [1.165, 1.54) is 24.0 Å². The summed E-state index contributed by atoms with van der Waals surface area (Å²) in [6, 6.07) is 18.8. The third kappa shape index (κ3) is 4.28. The van der Waals surface area contributed by atoms with E-state index in [4.69, 9.17) is 0 Å². The maximum atomic E-state index is 13.1. The summed E-state index contributed by atoms with van der Waals surface area (Å²) in [4.78, 5) is 19.7. The first-order chi connectivity index (χ1) is 15.6. The van der Waals surface area contributed by atoms with Gasteiger partial charge < -0.3 is 19.8 Å². The molecule has 3 fully saturated rings. The molecule has 0 unspecified atom stereocenters. The number of aliphatic hydroxyl groups excluding tert-OH is 1. The minimum Gasteiger partial charge on any atom is -0.391 e. The summed E-state index contributed by atoms with van der Waals surface area (Å²) in [7, 11) is 0. The molecule has 2 aliphatic heterocycles. The molecule has 1 spiro atoms. The normalized spacial score (nSPS) is 25.4. The number of carbonyl (C=O) groups excluding carboxylic acids is 1. The lowest BCUT2D eigenvalue weighted by molar-refractivity contribution is -0.134. The summed E-state index contributed by atoms with van der Waals surface area (Å²) >= 11 is 0. The lowest BCUT2D eigenvalue weighted by Crippen LogP contribution is -2.56. The standard InChI is InChI=1S/C27H35N3O2/c1-21-26(32)29(16-5-15-28-17-14-27(12-13-27)25(31)20-28)18-19-30(21)24-10-8-23(9-11-24)22-6-3-2-4-7-22/h2-4,6-11,21,25,31H,5,12-20H2,1H3/t21-,25-/m1/s1. The van der Waals surface area contributed by atoms with Gasteiger partial charge in [-0.25, -0.2) is 0 Å². The van der Waals surface area contributed by atoms with E-state index in [1.807, 2.05) is 17.9 Å². The molecule has 2 aromatic rings. The number of hydrogen-bond acceptors (Lipinski definition) is 4. The number of β-amino-alcohol motifs (C(OH)–C–C–N with tert-alkyl or cyclic N) is 1. The van der Waals surface area contributed by atoms with Crippen LogP contribution in [0.4, 0.5) is 5.69 Å². The second-order valence-corrected chi connectivity index (χ2v) is 9.89. The van der Waals surface area contributed by atoms with Crippen molar-refractivity contribution < 1.29 is 9.90 Å². The molecule has 170 valence electrons. The van der Waals surface area contributed by atoms with E-state index in [2.05, 4.69) is 58.3 Å². The number of rotatable bonds is 6. The predicted octanol–water partition coefficient (Wildman–Crippen LogP) is 3.63. The highest BCUT2D eigenvalue weighted by Crippen LogP contribution is 2.53. The molecule has 0 aromatic heterocycles. The minimum absolute atomic E-state index is 0.141. The highest BCUT2D eigenvalue weighted by atomic mass is 16.3. The van der Waals surface area contributed by atoms with E-state index >= 15 is 0 Å². The van der Waals surface area contributed by atoms with Crippen molar-refractivity contribution in [3.63, 3.8) is 0 Å². The summed E-state index contributed by atoms with van der Waals surface area (Å²) in [5, 5.41) is 10.4. The molecular weight excluding hydrogens is 398 g/mol. The number of carbonyl (C=O) groups is 1. The zero-order valence-electron chi connectivity index (χ0n) is 19.1. The fourth-order valence-electron chi connectivity index (χ4n) is 5.49. The van der Waals surface area contributed by atoms with Gasteiger partial charge in [-0.15, -0.1) is 0 Å². The molecule has 1 amide bonds. The quantitative estimate of drug-likeness (QED) is 0.756. The predicted molar refractivity (Wildman–Crippen MR) is 129 cm³/mol. The molecule has 1 aliphatic carbocycles. The Morgan fingerprint density at radius 3 is 2.31 bits per heavy atom. The molecule has 0 radical (unpaired) electrons. The lowest BCUT2D eigenvalue weighted by Gasteiger charge is -2.41. The molecule has 1 saturated carbocycles. The van der Waals surface area contributed by atoms with Gasteiger partial charge >= 0.3 is 0 Å². The minimum atomic E-state index is -0.158. The van der Waals surface area contributed by atoms with Gasteiger partial charge in [-0.1, -0.05) is 42.5 Å². The summed E-state index contributed by atoms with van der Waals surface area (Å²) in [5.74, 6) is 0.221. The van der Waals surface area contributed by atoms with Crippen molar-refractivity contribution in [1.29, 1.82) is 0 Å². The molecule has 2 saturated heterocycles. The summed E-state index contributed by atoms with van der Waals surface area (Å²) in [6.45, 7) is 7.33. The summed E-state index contributed by atoms with van der Waals surface area (Å²) < 4.78 is 0. The first-order valence-corrected chi connectivity index (χ1v) is 12.2. The van der Waals surface area contributed by atoms with Crippen LogP contribution < -0.4 is 4.90 Å². The summed E-state index contributed by atoms with van der Waals surface area (Å²) in [6.07, 6.45) is 4.35. The number of piperidine rings is 1. The number of hydrogen-bond donors (Lipinski definition) is 1. The van der Waals surface area contributed by atoms with Crippen LogP contribution in [0.25, 0.3) is 11.1 Å². The van der Waals surface area contributed by atoms with Gasteiger partial charge in [-0.05, 0) is 74.4 Å². The Morgan fingerprint density at radius 2 is 1.62 bits per heavy atom. The second-order valence-electron chi connectivity index (χ2n) is 9.89. The molecule has 5 heteroatoms. The van der Waals surface area contributed by atoms with Crippen molar-refractivity contribution >= 4 is 11.6 Å². The smallest absolute Gasteiger partial charge is 0.245 e. The third-order valence-corrected chi connectivity index (χ3v) is 7.91. The molecule has 2 atom stereocenters. The molecular formula is C27H35N3O2. The molecule has 5 rings (SSSR count). The Bertz CT molecular complexity index is 926. The maximum absolute atomic E-state index is 13.1. The van der Waals surface area contributed by atoms with Gasteiger partial charge in [-0.2, -0.15) is 0 Å². The molecule has 1 N–H and O–H groups in total. The molecule has 2 aromatic carbocycles. The number of amides is 1. The molecule has 3 aliphatic rings. The fraction of sp³-hybridized carbons (Fsp3) is 0.519. The van der Waals surface area contributed by atoms with E-state index in [9.17, 15) is 9.90 Å². The van der Waals surface area contributed by atoms with E-state index in [-0.39, 0.29) is 23.5 Å². The zero-order valence-corrected chi connectivity index (χ0v) is 19.1. The lowest BCUT2D eigenvalue weighted by atomic mass is 9.90. The van der Waals surface area contributed by atoms with Crippen LogP contribution in [0, 0.1) is 5.41 Å². The number of nitrogens with zero attached hydrogens (tertiary/aromatic N) is 3. The van der Waals surface area contributed by atoms with Crippen LogP contribution >= 0.6 is 0 Å². The molecule has 0 bridgehead atoms. The Balaban J connectivity index is 1.12. The van der Waals surface area contributed by atoms with E-state index < -0.39 is 0 Å². The van der Waals surface area contributed by atoms with E-state index in [1.54, 1.807) is 0 Å². The topological polar surface area (TPSA) is 47.0 Å². The highest BCUT2D eigenvalue weighted by Gasteiger charge is 2.51. The van der Waals surface area contributed by atoms with Crippen molar-refractivity contribution in [1.82, 2.24) is 9.80 Å². The van der Waals surface area contributed by atoms with Gasteiger partial charge in [0, 0.05) is 31.9 Å². The largest absolute Gasteiger partial charge is 0.391 e. The average Bonchev–Trinajstić information content (AvgIpc) is 3.61. The van der Waals surface area contributed by atoms with Crippen molar-refractivity contribution in [3.05, 3.63) is 54.6 Å². The van der Waals surface area contributed by atoms with Crippen molar-refractivity contribution in [3.8, 4) is 11.1 Å². The van der Waals surface area contributed by atoms with Gasteiger partial charge in [0.15, 0.2) is 0 Å². The third-order valence-electron chi connectivity index (χ3n) is 7.91. The van der Waals surface area contributed by atoms with Crippen LogP contribution in [-0.4, -0.2) is 72.2 Å². The summed E-state index contributed by atoms with van der Waals surface area (Å²) in [5.41, 5.74) is 3.78. The van der Waals surface area contributed by atoms with Crippen LogP contribution in [0.15, 0.2) is 54.6 Å². The van der Waals surface area contributed by atoms with E-state index in [0.29, 0.717) is 0 Å². The van der Waals surface area contributed by atoms with Crippen molar-refractivity contribution in [2.24, 2.45) is 5.41 Å². The van der Waals surface area contributed by atoms with Crippen molar-refractivity contribution in [2.75, 3.05) is 44.2 Å². The van der Waals surface area contributed by atoms with Crippen LogP contribution in [-0.2, 0) is 4.79 Å². The monoisotopic (exact) mass is 433 g/mol. The van der Waals surface area contributed by atoms with Gasteiger partial charge in [0.05, 0.1) is 6.10 Å². The number of likely N-dealkylation sites (tertiary alicyclic amines) is 1. The highest BCUT2D eigenvalue weighted by molar-refractivity contribution is 5.86. The van der Waals surface area contributed by atoms with E-state index in [0.717, 1.165) is 57.8 Å². The first kappa shape index (κ1) is 21.5. The Labute approximate surface area is 191 Å². The molecule has 5 nitrogen and oxygen atoms in total. The van der Waals surface area contributed by atoms with Crippen molar-refractivity contribution in [2.45, 2.75) is 44.8 Å². The SMILES string of the molecule is C[C@@H]1C(=O)N(CCCN2CCC3(CC3)[C@H](O)C2)CCN1c1ccc(-c2ccccc2)cc1. The van der Waals surface area contributed by atoms with Gasteiger partial charge in [0.1, 0.15) is 6.04 Å². The van der Waals surface area contributed by atoms with Crippen LogP contribution in [0.3, 0.4) is 0 Å². The Hall–Kier alpha value is -2.37. The van der Waals surface area contributed by atoms with Gasteiger partial charge in [0.2, 0.25) is 5.91 Å². The number of benzene rings is 2. The molecule has 2 heterocycles. The average molecular weight is 434 g/mol. The number of anilines is 1. The van der Waals surface area contributed by atoms with Gasteiger partial charge in [0.25, 0.3) is 0 Å². The number of aliphatic hydroxyl groups is 1. The second kappa shape index (κ2) is 8.87. The van der Waals surface area contributed by atoms with Crippen LogP contribution in [0.2, 0.25) is 0 Å². The fourth-order valence-corrected chi connectivity index (χ4v) is 5.49. The van der Waals surface area contributed by atoms with Crippen LogP contribution in [0.5, 0.6) is 0 Å². The maximum Gasteiger partial charge on any atom is 0.245 e. The zero-order chi connectivity index (χ0) is 22.1. The number of piperazine rings is 1. The van der Waals surface area contributed by atoms with Crippen LogP contribution in [0.1, 0.15) is 32.6 Å². The molecule has 32 heavy (non-hydrogen) atoms. The Morgan fingerprint density at radius 1 is 0.906 bits per heavy atom. The first-order valence-electron chi connectivity index (χ1n) is 12.2. The van der Waals surface area contributed by atoms with Gasteiger partial charge in [-0.3, -0.25) is 4.79 Å².